The first-order valence-corrected chi connectivity index (χ1v) is 9.69. The number of aromatic amines is 1. The van der Waals surface area contributed by atoms with Crippen LogP contribution in [0.2, 0.25) is 0 Å². The highest BCUT2D eigenvalue weighted by Crippen LogP contribution is 2.14. The Balaban J connectivity index is 1.34. The molecule has 0 aliphatic rings. The molecule has 0 atom stereocenters. The van der Waals surface area contributed by atoms with Crippen LogP contribution in [-0.4, -0.2) is 35.1 Å². The standard InChI is InChI=1S/C23H15FN8/c24-17-3-5-19(27-13-17)14-28-23-26-10-8-21(31-23)22-25-9-7-18(30-22)4-1-15-2-6-20-16(11-15)12-29-32-20/h2-3,5-13H,14H2,(H,29,32)(H,26,28,31). The van der Waals surface area contributed by atoms with Crippen molar-refractivity contribution in [3.63, 3.8) is 0 Å². The molecule has 4 heterocycles. The second kappa shape index (κ2) is 8.57. The molecule has 5 rings (SSSR count). The van der Waals surface area contributed by atoms with E-state index in [-0.39, 0.29) is 5.82 Å². The molecule has 8 nitrogen and oxygen atoms in total. The van der Waals surface area contributed by atoms with E-state index in [0.717, 1.165) is 16.5 Å². The van der Waals surface area contributed by atoms with E-state index in [2.05, 4.69) is 52.3 Å². The Morgan fingerprint density at radius 1 is 0.906 bits per heavy atom. The van der Waals surface area contributed by atoms with Gasteiger partial charge < -0.3 is 5.32 Å². The topological polar surface area (TPSA) is 105 Å². The van der Waals surface area contributed by atoms with Crippen molar-refractivity contribution in [2.45, 2.75) is 6.54 Å². The summed E-state index contributed by atoms with van der Waals surface area (Å²) in [6.07, 6.45) is 6.19. The summed E-state index contributed by atoms with van der Waals surface area (Å²) >= 11 is 0. The first-order chi connectivity index (χ1) is 15.7. The smallest absolute Gasteiger partial charge is 0.223 e. The third-order valence-corrected chi connectivity index (χ3v) is 4.53. The molecule has 2 N–H and O–H groups in total. The molecule has 9 heteroatoms. The summed E-state index contributed by atoms with van der Waals surface area (Å²) in [5.74, 6) is 6.63. The molecule has 0 spiro atoms. The molecule has 4 aromatic heterocycles. The van der Waals surface area contributed by atoms with Gasteiger partial charge in [-0.2, -0.15) is 5.10 Å². The zero-order chi connectivity index (χ0) is 21.8. The second-order valence-electron chi connectivity index (χ2n) is 6.77. The third-order valence-electron chi connectivity index (χ3n) is 4.53. The van der Waals surface area contributed by atoms with Crippen LogP contribution in [0.1, 0.15) is 17.0 Å². The van der Waals surface area contributed by atoms with Gasteiger partial charge in [0.2, 0.25) is 5.95 Å². The molecule has 0 aliphatic carbocycles. The Morgan fingerprint density at radius 3 is 2.75 bits per heavy atom. The molecule has 0 amide bonds. The van der Waals surface area contributed by atoms with Crippen molar-refractivity contribution in [2.24, 2.45) is 0 Å². The fourth-order valence-corrected chi connectivity index (χ4v) is 2.96. The van der Waals surface area contributed by atoms with Crippen LogP contribution in [0.15, 0.2) is 67.3 Å². The average molecular weight is 422 g/mol. The molecule has 154 valence electrons. The van der Waals surface area contributed by atoms with Crippen molar-refractivity contribution < 1.29 is 4.39 Å². The molecule has 0 bridgehead atoms. The van der Waals surface area contributed by atoms with Crippen molar-refractivity contribution in [3.05, 3.63) is 90.0 Å². The van der Waals surface area contributed by atoms with Gasteiger partial charge in [-0.15, -0.1) is 0 Å². The zero-order valence-corrected chi connectivity index (χ0v) is 16.6. The number of aromatic nitrogens is 7. The lowest BCUT2D eigenvalue weighted by molar-refractivity contribution is 0.619. The van der Waals surface area contributed by atoms with Gasteiger partial charge in [0.15, 0.2) is 5.82 Å². The van der Waals surface area contributed by atoms with Crippen LogP contribution in [0.3, 0.4) is 0 Å². The lowest BCUT2D eigenvalue weighted by Gasteiger charge is -2.06. The van der Waals surface area contributed by atoms with Crippen LogP contribution in [0.25, 0.3) is 22.4 Å². The summed E-state index contributed by atoms with van der Waals surface area (Å²) in [5, 5.41) is 11.0. The van der Waals surface area contributed by atoms with Crippen LogP contribution in [0, 0.1) is 17.7 Å². The number of pyridine rings is 1. The SMILES string of the molecule is Fc1ccc(CNc2nccc(-c3nccc(C#Cc4ccc5[nH]ncc5c4)n3)n2)nc1. The van der Waals surface area contributed by atoms with E-state index in [0.29, 0.717) is 35.4 Å². The normalized spacial score (nSPS) is 10.5. The summed E-state index contributed by atoms with van der Waals surface area (Å²) in [4.78, 5) is 21.5. The number of benzene rings is 1. The van der Waals surface area contributed by atoms with Gasteiger partial charge in [-0.05, 0) is 48.4 Å². The molecule has 0 saturated carbocycles. The second-order valence-corrected chi connectivity index (χ2v) is 6.77. The summed E-state index contributed by atoms with van der Waals surface area (Å²) < 4.78 is 13.0. The first-order valence-electron chi connectivity index (χ1n) is 9.69. The predicted octanol–water partition coefficient (Wildman–Crippen LogP) is 3.36. The van der Waals surface area contributed by atoms with Gasteiger partial charge in [0.25, 0.3) is 0 Å². The fourth-order valence-electron chi connectivity index (χ4n) is 2.96. The van der Waals surface area contributed by atoms with Crippen molar-refractivity contribution in [3.8, 4) is 23.4 Å². The number of nitrogens with one attached hydrogen (secondary N) is 2. The molecule has 5 aromatic rings. The van der Waals surface area contributed by atoms with Crippen LogP contribution in [0.5, 0.6) is 0 Å². The highest BCUT2D eigenvalue weighted by Gasteiger charge is 2.06. The van der Waals surface area contributed by atoms with Crippen molar-refractivity contribution in [2.75, 3.05) is 5.32 Å². The maximum absolute atomic E-state index is 13.0. The number of hydrogen-bond donors (Lipinski definition) is 2. The molecule has 1 aromatic carbocycles. The van der Waals surface area contributed by atoms with Gasteiger partial charge in [-0.3, -0.25) is 10.1 Å². The Kier molecular flexibility index (Phi) is 5.16. The van der Waals surface area contributed by atoms with Crippen LogP contribution < -0.4 is 5.32 Å². The van der Waals surface area contributed by atoms with Crippen LogP contribution >= 0.6 is 0 Å². The van der Waals surface area contributed by atoms with Crippen molar-refractivity contribution in [1.29, 1.82) is 0 Å². The number of nitrogens with zero attached hydrogens (tertiary/aromatic N) is 6. The molecule has 0 saturated heterocycles. The molecule has 0 fully saturated rings. The van der Waals surface area contributed by atoms with Crippen LogP contribution in [0.4, 0.5) is 10.3 Å². The summed E-state index contributed by atoms with van der Waals surface area (Å²) in [6, 6.07) is 12.2. The molecule has 0 unspecified atom stereocenters. The van der Waals surface area contributed by atoms with Crippen molar-refractivity contribution in [1.82, 2.24) is 35.1 Å². The number of halogens is 1. The quantitative estimate of drug-likeness (QED) is 0.428. The number of hydrogen-bond acceptors (Lipinski definition) is 7. The van der Waals surface area contributed by atoms with Gasteiger partial charge in [-0.25, -0.2) is 24.3 Å². The Labute approximate surface area is 182 Å². The maximum Gasteiger partial charge on any atom is 0.223 e. The number of anilines is 1. The lowest BCUT2D eigenvalue weighted by Crippen LogP contribution is -2.06. The molecule has 0 radical (unpaired) electrons. The average Bonchev–Trinajstić information content (AvgIpc) is 3.31. The number of fused-ring (bicyclic) bond motifs is 1. The van der Waals surface area contributed by atoms with E-state index in [1.54, 1.807) is 36.8 Å². The van der Waals surface area contributed by atoms with E-state index in [4.69, 9.17) is 0 Å². The van der Waals surface area contributed by atoms with Gasteiger partial charge in [-0.1, -0.05) is 5.92 Å². The Bertz CT molecular complexity index is 1450. The highest BCUT2D eigenvalue weighted by molar-refractivity contribution is 5.79. The van der Waals surface area contributed by atoms with E-state index in [9.17, 15) is 4.39 Å². The van der Waals surface area contributed by atoms with Gasteiger partial charge in [0.1, 0.15) is 17.2 Å². The molecular weight excluding hydrogens is 407 g/mol. The predicted molar refractivity (Wildman–Crippen MR) is 117 cm³/mol. The highest BCUT2D eigenvalue weighted by atomic mass is 19.1. The van der Waals surface area contributed by atoms with Gasteiger partial charge >= 0.3 is 0 Å². The largest absolute Gasteiger partial charge is 0.349 e. The Hall–Kier alpha value is -4.71. The minimum absolute atomic E-state index is 0.358. The van der Waals surface area contributed by atoms with Gasteiger partial charge in [0.05, 0.1) is 30.1 Å². The number of H-pyrrole nitrogens is 1. The maximum atomic E-state index is 13.0. The lowest BCUT2D eigenvalue weighted by atomic mass is 10.1. The third kappa shape index (κ3) is 4.39. The minimum Gasteiger partial charge on any atom is -0.349 e. The molecule has 0 aliphatic heterocycles. The van der Waals surface area contributed by atoms with Gasteiger partial charge in [0, 0.05) is 23.3 Å². The monoisotopic (exact) mass is 422 g/mol. The zero-order valence-electron chi connectivity index (χ0n) is 16.6. The first kappa shape index (κ1) is 19.3. The van der Waals surface area contributed by atoms with E-state index in [1.807, 2.05) is 18.2 Å². The Morgan fingerprint density at radius 2 is 1.84 bits per heavy atom. The summed E-state index contributed by atoms with van der Waals surface area (Å²) in [6.45, 7) is 0.358. The fraction of sp³-hybridized carbons (Fsp3) is 0.0435. The molecule has 32 heavy (non-hydrogen) atoms. The number of rotatable bonds is 4. The molecular formula is C23H15FN8. The summed E-state index contributed by atoms with van der Waals surface area (Å²) in [7, 11) is 0. The summed E-state index contributed by atoms with van der Waals surface area (Å²) in [5.41, 5.74) is 3.62. The van der Waals surface area contributed by atoms with Crippen LogP contribution in [-0.2, 0) is 6.54 Å². The van der Waals surface area contributed by atoms with E-state index >= 15 is 0 Å². The van der Waals surface area contributed by atoms with Crippen molar-refractivity contribution >= 4 is 16.9 Å². The minimum atomic E-state index is -0.380. The van der Waals surface area contributed by atoms with E-state index < -0.39 is 0 Å². The van der Waals surface area contributed by atoms with E-state index in [1.165, 1.54) is 12.3 Å².